The number of hydrogen-bond donors (Lipinski definition) is 2. The average Bonchev–Trinajstić information content (AvgIpc) is 3.47. The number of carbonyl (C=O) groups is 1. The van der Waals surface area contributed by atoms with Crippen molar-refractivity contribution >= 4 is 11.6 Å². The summed E-state index contributed by atoms with van der Waals surface area (Å²) in [6.07, 6.45) is 8.14. The number of amides is 2. The van der Waals surface area contributed by atoms with Crippen LogP contribution in [0.4, 0.5) is 4.79 Å². The number of hydrogen-bond acceptors (Lipinski definition) is 2. The second-order valence-electron chi connectivity index (χ2n) is 7.12. The maximum Gasteiger partial charge on any atom is 0.317 e. The molecule has 122 valence electrons. The summed E-state index contributed by atoms with van der Waals surface area (Å²) in [5.41, 5.74) is 2.40. The van der Waals surface area contributed by atoms with Crippen LogP contribution in [-0.2, 0) is 0 Å². The SMILES string of the molecule is O=C(NC(C1CC1)C1CC1)N1CC=C(c2ccc(O)cc2)CC1. The predicted molar refractivity (Wildman–Crippen MR) is 90.0 cm³/mol. The van der Waals surface area contributed by atoms with Crippen molar-refractivity contribution in [2.24, 2.45) is 11.8 Å². The summed E-state index contributed by atoms with van der Waals surface area (Å²) in [6, 6.07) is 7.83. The number of benzene rings is 1. The Balaban J connectivity index is 1.36. The fourth-order valence-corrected chi connectivity index (χ4v) is 3.56. The van der Waals surface area contributed by atoms with Crippen LogP contribution in [0.5, 0.6) is 5.75 Å². The number of phenolic OH excluding ortho intramolecular Hbond substituents is 1. The number of nitrogens with zero attached hydrogens (tertiary/aromatic N) is 1. The Morgan fingerprint density at radius 3 is 2.30 bits per heavy atom. The third-order valence-electron chi connectivity index (χ3n) is 5.28. The zero-order valence-corrected chi connectivity index (χ0v) is 13.4. The Bertz CT molecular complexity index is 603. The van der Waals surface area contributed by atoms with Crippen molar-refractivity contribution in [3.8, 4) is 5.75 Å². The minimum atomic E-state index is 0.106. The van der Waals surface area contributed by atoms with Crippen LogP contribution in [0, 0.1) is 11.8 Å². The number of carbonyl (C=O) groups excluding carboxylic acids is 1. The van der Waals surface area contributed by atoms with Crippen LogP contribution in [0.25, 0.3) is 5.57 Å². The number of phenols is 1. The molecule has 2 fully saturated rings. The van der Waals surface area contributed by atoms with E-state index in [1.165, 1.54) is 31.3 Å². The van der Waals surface area contributed by atoms with Gasteiger partial charge in [0.1, 0.15) is 5.75 Å². The standard InChI is InChI=1S/C19H24N2O2/c22-17-7-5-13(6-8-17)14-9-11-21(12-10-14)19(23)20-18(15-1-2-15)16-3-4-16/h5-9,15-16,18,22H,1-4,10-12H2,(H,20,23). The van der Waals surface area contributed by atoms with Crippen molar-refractivity contribution in [2.75, 3.05) is 13.1 Å². The zero-order valence-electron chi connectivity index (χ0n) is 13.4. The van der Waals surface area contributed by atoms with Crippen molar-refractivity contribution in [2.45, 2.75) is 38.1 Å². The van der Waals surface area contributed by atoms with E-state index < -0.39 is 0 Å². The highest BCUT2D eigenvalue weighted by Crippen LogP contribution is 2.44. The lowest BCUT2D eigenvalue weighted by Gasteiger charge is -2.29. The quantitative estimate of drug-likeness (QED) is 0.895. The minimum absolute atomic E-state index is 0.106. The first kappa shape index (κ1) is 14.6. The summed E-state index contributed by atoms with van der Waals surface area (Å²) >= 11 is 0. The van der Waals surface area contributed by atoms with E-state index in [0.29, 0.717) is 12.6 Å². The van der Waals surface area contributed by atoms with Crippen molar-refractivity contribution in [1.82, 2.24) is 10.2 Å². The van der Waals surface area contributed by atoms with Crippen LogP contribution < -0.4 is 5.32 Å². The lowest BCUT2D eigenvalue weighted by atomic mass is 9.99. The van der Waals surface area contributed by atoms with Gasteiger partial charge in [-0.05, 0) is 67.2 Å². The molecule has 0 bridgehead atoms. The molecule has 1 heterocycles. The Hall–Kier alpha value is -1.97. The molecule has 2 aliphatic carbocycles. The topological polar surface area (TPSA) is 52.6 Å². The van der Waals surface area contributed by atoms with Crippen molar-refractivity contribution in [1.29, 1.82) is 0 Å². The monoisotopic (exact) mass is 312 g/mol. The second-order valence-corrected chi connectivity index (χ2v) is 7.12. The van der Waals surface area contributed by atoms with Crippen molar-refractivity contribution < 1.29 is 9.90 Å². The third-order valence-corrected chi connectivity index (χ3v) is 5.28. The molecule has 0 saturated heterocycles. The van der Waals surface area contributed by atoms with E-state index in [0.717, 1.165) is 30.4 Å². The van der Waals surface area contributed by atoms with Crippen molar-refractivity contribution in [3.63, 3.8) is 0 Å². The first-order valence-corrected chi connectivity index (χ1v) is 8.74. The van der Waals surface area contributed by atoms with Gasteiger partial charge in [-0.1, -0.05) is 18.2 Å². The lowest BCUT2D eigenvalue weighted by Crippen LogP contribution is -2.47. The third kappa shape index (κ3) is 3.36. The van der Waals surface area contributed by atoms with E-state index >= 15 is 0 Å². The summed E-state index contributed by atoms with van der Waals surface area (Å²) in [6.45, 7) is 1.44. The summed E-state index contributed by atoms with van der Waals surface area (Å²) in [5, 5.41) is 12.7. The molecule has 4 rings (SSSR count). The molecule has 23 heavy (non-hydrogen) atoms. The van der Waals surface area contributed by atoms with Gasteiger partial charge in [-0.2, -0.15) is 0 Å². The van der Waals surface area contributed by atoms with E-state index in [1.54, 1.807) is 12.1 Å². The van der Waals surface area contributed by atoms with Crippen molar-refractivity contribution in [3.05, 3.63) is 35.9 Å². The van der Waals surface area contributed by atoms with Gasteiger partial charge in [-0.15, -0.1) is 0 Å². The fraction of sp³-hybridized carbons (Fsp3) is 0.526. The molecular formula is C19H24N2O2. The second kappa shape index (κ2) is 5.91. The van der Waals surface area contributed by atoms with Crippen LogP contribution >= 0.6 is 0 Å². The Labute approximate surface area is 137 Å². The molecule has 4 nitrogen and oxygen atoms in total. The van der Waals surface area contributed by atoms with E-state index in [2.05, 4.69) is 11.4 Å². The fourth-order valence-electron chi connectivity index (χ4n) is 3.56. The van der Waals surface area contributed by atoms with E-state index in [-0.39, 0.29) is 11.8 Å². The maximum absolute atomic E-state index is 12.5. The van der Waals surface area contributed by atoms with E-state index in [1.807, 2.05) is 17.0 Å². The average molecular weight is 312 g/mol. The van der Waals surface area contributed by atoms with Crippen LogP contribution in [0.3, 0.4) is 0 Å². The largest absolute Gasteiger partial charge is 0.508 e. The molecule has 2 saturated carbocycles. The molecule has 1 aromatic carbocycles. The highest BCUT2D eigenvalue weighted by atomic mass is 16.3. The first-order chi connectivity index (χ1) is 11.2. The number of aromatic hydroxyl groups is 1. The molecule has 1 aromatic rings. The van der Waals surface area contributed by atoms with Crippen LogP contribution in [0.2, 0.25) is 0 Å². The summed E-state index contributed by atoms with van der Waals surface area (Å²) < 4.78 is 0. The van der Waals surface area contributed by atoms with Crippen LogP contribution in [0.15, 0.2) is 30.3 Å². The molecule has 2 amide bonds. The van der Waals surface area contributed by atoms with Gasteiger partial charge in [0.25, 0.3) is 0 Å². The molecular weight excluding hydrogens is 288 g/mol. The Morgan fingerprint density at radius 1 is 1.13 bits per heavy atom. The summed E-state index contributed by atoms with van der Waals surface area (Å²) in [4.78, 5) is 14.4. The molecule has 0 unspecified atom stereocenters. The summed E-state index contributed by atoms with van der Waals surface area (Å²) in [5.74, 6) is 1.76. The number of urea groups is 1. The van der Waals surface area contributed by atoms with Crippen LogP contribution in [0.1, 0.15) is 37.7 Å². The first-order valence-electron chi connectivity index (χ1n) is 8.74. The normalized spacial score (nSPS) is 21.3. The molecule has 0 spiro atoms. The molecule has 0 atom stereocenters. The predicted octanol–water partition coefficient (Wildman–Crippen LogP) is 3.38. The van der Waals surface area contributed by atoms with Gasteiger partial charge in [-0.3, -0.25) is 0 Å². The van der Waals surface area contributed by atoms with Crippen LogP contribution in [-0.4, -0.2) is 35.2 Å². The van der Waals surface area contributed by atoms with Gasteiger partial charge < -0.3 is 15.3 Å². The molecule has 4 heteroatoms. The molecule has 0 radical (unpaired) electrons. The van der Waals surface area contributed by atoms with Gasteiger partial charge >= 0.3 is 6.03 Å². The minimum Gasteiger partial charge on any atom is -0.508 e. The van der Waals surface area contributed by atoms with Gasteiger partial charge in [0.05, 0.1) is 0 Å². The molecule has 0 aromatic heterocycles. The molecule has 2 N–H and O–H groups in total. The number of nitrogens with one attached hydrogen (secondary N) is 1. The maximum atomic E-state index is 12.5. The highest BCUT2D eigenvalue weighted by molar-refractivity contribution is 5.77. The highest BCUT2D eigenvalue weighted by Gasteiger charge is 2.42. The summed E-state index contributed by atoms with van der Waals surface area (Å²) in [7, 11) is 0. The van der Waals surface area contributed by atoms with Gasteiger partial charge in [0.2, 0.25) is 0 Å². The van der Waals surface area contributed by atoms with Gasteiger partial charge in [-0.25, -0.2) is 4.79 Å². The van der Waals surface area contributed by atoms with Gasteiger partial charge in [0, 0.05) is 19.1 Å². The lowest BCUT2D eigenvalue weighted by molar-refractivity contribution is 0.195. The number of rotatable bonds is 4. The Morgan fingerprint density at radius 2 is 1.78 bits per heavy atom. The molecule has 3 aliphatic rings. The zero-order chi connectivity index (χ0) is 15.8. The van der Waals surface area contributed by atoms with Gasteiger partial charge in [0.15, 0.2) is 0 Å². The smallest absolute Gasteiger partial charge is 0.317 e. The Kier molecular flexibility index (Phi) is 3.76. The van der Waals surface area contributed by atoms with E-state index in [9.17, 15) is 9.90 Å². The molecule has 1 aliphatic heterocycles. The van der Waals surface area contributed by atoms with E-state index in [4.69, 9.17) is 0 Å².